The summed E-state index contributed by atoms with van der Waals surface area (Å²) in [5.41, 5.74) is 1.62. The molecule has 0 atom stereocenters. The summed E-state index contributed by atoms with van der Waals surface area (Å²) in [6.45, 7) is 1.42. The molecule has 8 heteroatoms. The Hall–Kier alpha value is -3.68. The lowest BCUT2D eigenvalue weighted by molar-refractivity contribution is -0.114. The highest BCUT2D eigenvalue weighted by atomic mass is 19.1. The van der Waals surface area contributed by atoms with Gasteiger partial charge in [0.15, 0.2) is 17.3 Å². The van der Waals surface area contributed by atoms with Gasteiger partial charge in [-0.2, -0.15) is 0 Å². The van der Waals surface area contributed by atoms with Crippen molar-refractivity contribution >= 4 is 23.3 Å². The Morgan fingerprint density at radius 3 is 2.54 bits per heavy atom. The molecule has 0 aliphatic rings. The van der Waals surface area contributed by atoms with Gasteiger partial charge in [0.25, 0.3) is 5.91 Å². The predicted molar refractivity (Wildman–Crippen MR) is 93.9 cm³/mol. The summed E-state index contributed by atoms with van der Waals surface area (Å²) in [5.74, 6) is -1.43. The van der Waals surface area contributed by atoms with E-state index in [1.54, 1.807) is 30.3 Å². The zero-order valence-corrected chi connectivity index (χ0v) is 13.7. The molecular formula is C18H14FN5O2. The van der Waals surface area contributed by atoms with E-state index >= 15 is 0 Å². The van der Waals surface area contributed by atoms with Crippen molar-refractivity contribution in [2.24, 2.45) is 0 Å². The number of aromatic nitrogens is 3. The number of pyridine rings is 1. The molecule has 0 radical (unpaired) electrons. The molecule has 3 aromatic rings. The fourth-order valence-corrected chi connectivity index (χ4v) is 2.24. The molecule has 2 amide bonds. The predicted octanol–water partition coefficient (Wildman–Crippen LogP) is 2.89. The van der Waals surface area contributed by atoms with E-state index in [9.17, 15) is 14.0 Å². The third-order valence-electron chi connectivity index (χ3n) is 3.36. The minimum absolute atomic E-state index is 0.168. The Bertz CT molecular complexity index is 960. The topological polar surface area (TPSA) is 96.9 Å². The molecule has 2 N–H and O–H groups in total. The number of benzene rings is 1. The average Bonchev–Trinajstić information content (AvgIpc) is 2.62. The second-order valence-electron chi connectivity index (χ2n) is 5.35. The number of amides is 2. The first kappa shape index (κ1) is 17.2. The summed E-state index contributed by atoms with van der Waals surface area (Å²) in [5, 5.41) is 13.1. The molecule has 0 spiro atoms. The van der Waals surface area contributed by atoms with E-state index in [0.717, 1.165) is 11.6 Å². The van der Waals surface area contributed by atoms with Gasteiger partial charge in [-0.1, -0.05) is 12.1 Å². The largest absolute Gasteiger partial charge is 0.326 e. The molecule has 1 aromatic carbocycles. The third-order valence-corrected chi connectivity index (χ3v) is 3.36. The first-order valence-electron chi connectivity index (χ1n) is 7.66. The van der Waals surface area contributed by atoms with Crippen LogP contribution in [0.4, 0.5) is 15.9 Å². The first-order valence-corrected chi connectivity index (χ1v) is 7.66. The summed E-state index contributed by atoms with van der Waals surface area (Å²) in [6.07, 6.45) is 1.33. The quantitative estimate of drug-likeness (QED) is 0.753. The number of nitrogens with one attached hydrogen (secondary N) is 2. The van der Waals surface area contributed by atoms with Crippen LogP contribution in [0.5, 0.6) is 0 Å². The van der Waals surface area contributed by atoms with E-state index in [4.69, 9.17) is 0 Å². The van der Waals surface area contributed by atoms with Gasteiger partial charge in [-0.05, 0) is 36.4 Å². The number of carbonyl (C=O) groups excluding carboxylic acids is 2. The van der Waals surface area contributed by atoms with E-state index < -0.39 is 11.7 Å². The monoisotopic (exact) mass is 351 g/mol. The number of halogens is 1. The third kappa shape index (κ3) is 4.04. The van der Waals surface area contributed by atoms with Crippen molar-refractivity contribution in [3.8, 4) is 11.3 Å². The molecule has 0 saturated heterocycles. The van der Waals surface area contributed by atoms with E-state index in [1.807, 2.05) is 6.07 Å². The van der Waals surface area contributed by atoms with Gasteiger partial charge in [-0.3, -0.25) is 9.59 Å². The van der Waals surface area contributed by atoms with Gasteiger partial charge in [0.1, 0.15) is 0 Å². The van der Waals surface area contributed by atoms with Crippen LogP contribution in [-0.2, 0) is 4.79 Å². The highest BCUT2D eigenvalue weighted by Crippen LogP contribution is 2.21. The Balaban J connectivity index is 1.76. The molecular weight excluding hydrogens is 337 g/mol. The summed E-state index contributed by atoms with van der Waals surface area (Å²) in [6, 6.07) is 12.9. The molecule has 7 nitrogen and oxygen atoms in total. The summed E-state index contributed by atoms with van der Waals surface area (Å²) in [7, 11) is 0. The lowest BCUT2D eigenvalue weighted by atomic mass is 10.1. The standard InChI is InChI=1S/C18H14FN5O2/c1-11(25)21-13-5-2-4-12(10-13)15-7-8-16(24-23-15)22-18(26)17-14(19)6-3-9-20-17/h2-10H,1H3,(H,21,25)(H,22,24,26). The van der Waals surface area contributed by atoms with Gasteiger partial charge in [-0.25, -0.2) is 9.37 Å². The van der Waals surface area contributed by atoms with E-state index in [2.05, 4.69) is 25.8 Å². The van der Waals surface area contributed by atoms with Crippen molar-refractivity contribution < 1.29 is 14.0 Å². The maximum absolute atomic E-state index is 13.6. The average molecular weight is 351 g/mol. The zero-order chi connectivity index (χ0) is 18.5. The molecule has 26 heavy (non-hydrogen) atoms. The normalized spacial score (nSPS) is 10.2. The van der Waals surface area contributed by atoms with Gasteiger partial charge in [0.2, 0.25) is 5.91 Å². The van der Waals surface area contributed by atoms with Gasteiger partial charge >= 0.3 is 0 Å². The molecule has 0 unspecified atom stereocenters. The number of hydrogen-bond donors (Lipinski definition) is 2. The van der Waals surface area contributed by atoms with Crippen LogP contribution in [0.1, 0.15) is 17.4 Å². The van der Waals surface area contributed by atoms with Crippen LogP contribution in [0.15, 0.2) is 54.7 Å². The van der Waals surface area contributed by atoms with Crippen LogP contribution in [0.3, 0.4) is 0 Å². The molecule has 0 saturated carbocycles. The zero-order valence-electron chi connectivity index (χ0n) is 13.7. The molecule has 0 fully saturated rings. The van der Waals surface area contributed by atoms with Crippen LogP contribution < -0.4 is 10.6 Å². The molecule has 3 rings (SSSR count). The van der Waals surface area contributed by atoms with Gasteiger partial charge < -0.3 is 10.6 Å². The molecule has 0 bridgehead atoms. The van der Waals surface area contributed by atoms with E-state index in [-0.39, 0.29) is 17.4 Å². The molecule has 2 heterocycles. The summed E-state index contributed by atoms with van der Waals surface area (Å²) in [4.78, 5) is 26.9. The first-order chi connectivity index (χ1) is 12.5. The highest BCUT2D eigenvalue weighted by molar-refractivity contribution is 6.02. The Kier molecular flexibility index (Phi) is 4.93. The number of anilines is 2. The van der Waals surface area contributed by atoms with Crippen molar-refractivity contribution in [1.29, 1.82) is 0 Å². The SMILES string of the molecule is CC(=O)Nc1cccc(-c2ccc(NC(=O)c3ncccc3F)nn2)c1. The fourth-order valence-electron chi connectivity index (χ4n) is 2.24. The maximum Gasteiger partial charge on any atom is 0.278 e. The van der Waals surface area contributed by atoms with Crippen LogP contribution in [-0.4, -0.2) is 27.0 Å². The van der Waals surface area contributed by atoms with Gasteiger partial charge in [-0.15, -0.1) is 10.2 Å². The number of hydrogen-bond acceptors (Lipinski definition) is 5. The fraction of sp³-hybridized carbons (Fsp3) is 0.0556. The van der Waals surface area contributed by atoms with Crippen molar-refractivity contribution in [2.75, 3.05) is 10.6 Å². The molecule has 2 aromatic heterocycles. The van der Waals surface area contributed by atoms with E-state index in [1.165, 1.54) is 19.2 Å². The number of carbonyl (C=O) groups is 2. The lowest BCUT2D eigenvalue weighted by Gasteiger charge is -2.07. The van der Waals surface area contributed by atoms with Crippen LogP contribution in [0, 0.1) is 5.82 Å². The van der Waals surface area contributed by atoms with Crippen LogP contribution in [0.25, 0.3) is 11.3 Å². The second-order valence-corrected chi connectivity index (χ2v) is 5.35. The Morgan fingerprint density at radius 2 is 1.85 bits per heavy atom. The van der Waals surface area contributed by atoms with Crippen molar-refractivity contribution in [1.82, 2.24) is 15.2 Å². The second kappa shape index (κ2) is 7.47. The maximum atomic E-state index is 13.6. The summed E-state index contributed by atoms with van der Waals surface area (Å²) >= 11 is 0. The molecule has 130 valence electrons. The van der Waals surface area contributed by atoms with Crippen molar-refractivity contribution in [3.05, 3.63) is 66.2 Å². The lowest BCUT2D eigenvalue weighted by Crippen LogP contribution is -2.16. The van der Waals surface area contributed by atoms with Crippen LogP contribution in [0.2, 0.25) is 0 Å². The number of rotatable bonds is 4. The van der Waals surface area contributed by atoms with Gasteiger partial charge in [0.05, 0.1) is 5.69 Å². The minimum atomic E-state index is -0.718. The number of nitrogens with zero attached hydrogens (tertiary/aromatic N) is 3. The van der Waals surface area contributed by atoms with Crippen molar-refractivity contribution in [2.45, 2.75) is 6.92 Å². The minimum Gasteiger partial charge on any atom is -0.326 e. The molecule has 0 aliphatic heterocycles. The summed E-state index contributed by atoms with van der Waals surface area (Å²) < 4.78 is 13.6. The smallest absolute Gasteiger partial charge is 0.278 e. The van der Waals surface area contributed by atoms with Gasteiger partial charge in [0, 0.05) is 24.4 Å². The van der Waals surface area contributed by atoms with Crippen LogP contribution >= 0.6 is 0 Å². The van der Waals surface area contributed by atoms with Crippen molar-refractivity contribution in [3.63, 3.8) is 0 Å². The highest BCUT2D eigenvalue weighted by Gasteiger charge is 2.13. The Morgan fingerprint density at radius 1 is 1.00 bits per heavy atom. The van der Waals surface area contributed by atoms with E-state index in [0.29, 0.717) is 11.4 Å². The Labute approximate surface area is 148 Å². The molecule has 0 aliphatic carbocycles.